The van der Waals surface area contributed by atoms with Crippen LogP contribution in [0.1, 0.15) is 16.1 Å². The minimum Gasteiger partial charge on any atom is -0.287 e. The van der Waals surface area contributed by atoms with Crippen molar-refractivity contribution >= 4 is 21.7 Å². The lowest BCUT2D eigenvalue weighted by molar-refractivity contribution is 0.102. The molecule has 1 aromatic heterocycles. The van der Waals surface area contributed by atoms with Crippen LogP contribution in [-0.4, -0.2) is 10.8 Å². The molecule has 86 valence electrons. The predicted octanol–water partition coefficient (Wildman–Crippen LogP) is 3.35. The van der Waals surface area contributed by atoms with Crippen molar-refractivity contribution < 1.29 is 13.6 Å². The van der Waals surface area contributed by atoms with E-state index in [2.05, 4.69) is 20.9 Å². The number of rotatable bonds is 2. The van der Waals surface area contributed by atoms with Gasteiger partial charge in [-0.05, 0) is 46.3 Å². The van der Waals surface area contributed by atoms with Crippen LogP contribution < -0.4 is 0 Å². The number of halogens is 3. The number of pyridine rings is 1. The van der Waals surface area contributed by atoms with Gasteiger partial charge in [-0.1, -0.05) is 0 Å². The normalized spacial score (nSPS) is 10.3. The molecule has 0 N–H and O–H groups in total. The van der Waals surface area contributed by atoms with Crippen molar-refractivity contribution in [1.29, 1.82) is 0 Å². The van der Waals surface area contributed by atoms with Crippen LogP contribution in [0.4, 0.5) is 8.78 Å². The molecule has 0 aliphatic heterocycles. The van der Waals surface area contributed by atoms with Gasteiger partial charge in [0.25, 0.3) is 0 Å². The van der Waals surface area contributed by atoms with Crippen LogP contribution in [0.25, 0.3) is 0 Å². The zero-order valence-corrected chi connectivity index (χ0v) is 10.0. The quantitative estimate of drug-likeness (QED) is 0.796. The third kappa shape index (κ3) is 2.39. The van der Waals surface area contributed by atoms with E-state index in [1.165, 1.54) is 6.20 Å². The Balaban J connectivity index is 2.51. The first-order valence-corrected chi connectivity index (χ1v) is 5.49. The van der Waals surface area contributed by atoms with Crippen molar-refractivity contribution in [2.75, 3.05) is 0 Å². The fraction of sp³-hybridized carbons (Fsp3) is 0. The van der Waals surface area contributed by atoms with Crippen LogP contribution in [-0.2, 0) is 0 Å². The molecule has 0 aliphatic rings. The average molecular weight is 298 g/mol. The second-order valence-electron chi connectivity index (χ2n) is 3.29. The van der Waals surface area contributed by atoms with Gasteiger partial charge >= 0.3 is 0 Å². The van der Waals surface area contributed by atoms with Crippen LogP contribution in [0.3, 0.4) is 0 Å². The SMILES string of the molecule is O=C(c1cc(F)ccc1F)c1ncccc1Br. The van der Waals surface area contributed by atoms with Crippen molar-refractivity contribution in [3.63, 3.8) is 0 Å². The molecule has 0 bridgehead atoms. The summed E-state index contributed by atoms with van der Waals surface area (Å²) in [6, 6.07) is 5.97. The Bertz CT molecular complexity index is 586. The maximum atomic E-state index is 13.4. The summed E-state index contributed by atoms with van der Waals surface area (Å²) >= 11 is 3.14. The summed E-state index contributed by atoms with van der Waals surface area (Å²) in [5.41, 5.74) is -0.276. The van der Waals surface area contributed by atoms with Crippen LogP contribution >= 0.6 is 15.9 Å². The number of carbonyl (C=O) groups excluding carboxylic acids is 1. The second-order valence-corrected chi connectivity index (χ2v) is 4.14. The zero-order valence-electron chi connectivity index (χ0n) is 8.45. The Kier molecular flexibility index (Phi) is 3.28. The Morgan fingerprint density at radius 3 is 2.71 bits per heavy atom. The van der Waals surface area contributed by atoms with Gasteiger partial charge < -0.3 is 0 Å². The van der Waals surface area contributed by atoms with E-state index in [9.17, 15) is 13.6 Å². The minimum absolute atomic E-state index is 0.0528. The molecular formula is C12H6BrF2NO. The van der Waals surface area contributed by atoms with E-state index in [1.807, 2.05) is 0 Å². The molecule has 0 fully saturated rings. The first-order valence-electron chi connectivity index (χ1n) is 4.70. The fourth-order valence-electron chi connectivity index (χ4n) is 1.35. The molecule has 17 heavy (non-hydrogen) atoms. The standard InChI is InChI=1S/C12H6BrF2NO/c13-9-2-1-5-16-11(9)12(17)8-6-7(14)3-4-10(8)15/h1-6H. The number of carbonyl (C=O) groups is 1. The highest BCUT2D eigenvalue weighted by atomic mass is 79.9. The van der Waals surface area contributed by atoms with Gasteiger partial charge in [0.1, 0.15) is 17.3 Å². The van der Waals surface area contributed by atoms with E-state index in [1.54, 1.807) is 12.1 Å². The lowest BCUT2D eigenvalue weighted by Crippen LogP contribution is -2.07. The van der Waals surface area contributed by atoms with Crippen molar-refractivity contribution in [2.24, 2.45) is 0 Å². The van der Waals surface area contributed by atoms with Gasteiger partial charge in [0.05, 0.1) is 5.56 Å². The average Bonchev–Trinajstić information content (AvgIpc) is 2.32. The minimum atomic E-state index is -0.769. The molecule has 2 nitrogen and oxygen atoms in total. The number of hydrogen-bond donors (Lipinski definition) is 0. The van der Waals surface area contributed by atoms with Gasteiger partial charge in [-0.3, -0.25) is 9.78 Å². The highest BCUT2D eigenvalue weighted by Gasteiger charge is 2.18. The Hall–Kier alpha value is -1.62. The van der Waals surface area contributed by atoms with Gasteiger partial charge in [0.2, 0.25) is 5.78 Å². The van der Waals surface area contributed by atoms with E-state index in [4.69, 9.17) is 0 Å². The fourth-order valence-corrected chi connectivity index (χ4v) is 1.79. The summed E-state index contributed by atoms with van der Waals surface area (Å²) in [5, 5.41) is 0. The molecule has 0 atom stereocenters. The molecule has 0 amide bonds. The topological polar surface area (TPSA) is 30.0 Å². The smallest absolute Gasteiger partial charge is 0.215 e. The molecule has 0 saturated heterocycles. The van der Waals surface area contributed by atoms with E-state index in [0.717, 1.165) is 18.2 Å². The molecule has 2 rings (SSSR count). The molecule has 1 heterocycles. The summed E-state index contributed by atoms with van der Waals surface area (Å²) in [7, 11) is 0. The van der Waals surface area contributed by atoms with Crippen LogP contribution in [0.5, 0.6) is 0 Å². The highest BCUT2D eigenvalue weighted by Crippen LogP contribution is 2.19. The highest BCUT2D eigenvalue weighted by molar-refractivity contribution is 9.10. The molecule has 0 aliphatic carbocycles. The molecule has 0 saturated carbocycles. The summed E-state index contributed by atoms with van der Waals surface area (Å²) < 4.78 is 26.8. The number of nitrogens with zero attached hydrogens (tertiary/aromatic N) is 1. The first-order chi connectivity index (χ1) is 8.09. The van der Waals surface area contributed by atoms with Crippen LogP contribution in [0.15, 0.2) is 41.0 Å². The number of aromatic nitrogens is 1. The van der Waals surface area contributed by atoms with Gasteiger partial charge in [-0.2, -0.15) is 0 Å². The largest absolute Gasteiger partial charge is 0.287 e. The molecule has 0 unspecified atom stereocenters. The summed E-state index contributed by atoms with van der Waals surface area (Å²) in [6.07, 6.45) is 1.41. The van der Waals surface area contributed by atoms with E-state index in [-0.39, 0.29) is 11.3 Å². The van der Waals surface area contributed by atoms with E-state index >= 15 is 0 Å². The Labute approximate surface area is 104 Å². The molecular weight excluding hydrogens is 292 g/mol. The number of ketones is 1. The van der Waals surface area contributed by atoms with Crippen molar-refractivity contribution in [3.05, 3.63) is 63.9 Å². The van der Waals surface area contributed by atoms with Gasteiger partial charge in [-0.15, -0.1) is 0 Å². The van der Waals surface area contributed by atoms with E-state index < -0.39 is 17.4 Å². The third-order valence-corrected chi connectivity index (χ3v) is 2.79. The van der Waals surface area contributed by atoms with Crippen LogP contribution in [0, 0.1) is 11.6 Å². The number of benzene rings is 1. The van der Waals surface area contributed by atoms with Crippen molar-refractivity contribution in [3.8, 4) is 0 Å². The van der Waals surface area contributed by atoms with Gasteiger partial charge in [0.15, 0.2) is 0 Å². The first kappa shape index (κ1) is 11.9. The van der Waals surface area contributed by atoms with Crippen LogP contribution in [0.2, 0.25) is 0 Å². The molecule has 1 aromatic carbocycles. The molecule has 5 heteroatoms. The van der Waals surface area contributed by atoms with E-state index in [0.29, 0.717) is 4.47 Å². The van der Waals surface area contributed by atoms with Gasteiger partial charge in [0, 0.05) is 10.7 Å². The lowest BCUT2D eigenvalue weighted by atomic mass is 10.1. The maximum absolute atomic E-state index is 13.4. The summed E-state index contributed by atoms with van der Waals surface area (Å²) in [4.78, 5) is 15.8. The lowest BCUT2D eigenvalue weighted by Gasteiger charge is -2.03. The summed E-state index contributed by atoms with van der Waals surface area (Å²) in [5.74, 6) is -2.09. The molecule has 0 radical (unpaired) electrons. The zero-order chi connectivity index (χ0) is 12.4. The third-order valence-electron chi connectivity index (χ3n) is 2.15. The summed E-state index contributed by atoms with van der Waals surface area (Å²) in [6.45, 7) is 0. The van der Waals surface area contributed by atoms with Crippen molar-refractivity contribution in [1.82, 2.24) is 4.98 Å². The Morgan fingerprint density at radius 2 is 2.00 bits per heavy atom. The molecule has 0 spiro atoms. The predicted molar refractivity (Wildman–Crippen MR) is 61.7 cm³/mol. The monoisotopic (exact) mass is 297 g/mol. The number of hydrogen-bond acceptors (Lipinski definition) is 2. The van der Waals surface area contributed by atoms with Gasteiger partial charge in [-0.25, -0.2) is 8.78 Å². The van der Waals surface area contributed by atoms with Crippen molar-refractivity contribution in [2.45, 2.75) is 0 Å². The maximum Gasteiger partial charge on any atom is 0.215 e. The molecule has 2 aromatic rings. The second kappa shape index (κ2) is 4.71. The Morgan fingerprint density at radius 1 is 1.24 bits per heavy atom.